The molecular formula is C23H42N2O2Sn. The molecule has 160 valence electrons. The van der Waals surface area contributed by atoms with Crippen LogP contribution in [0.5, 0.6) is 0 Å². The minimum absolute atomic E-state index is 0.377. The normalized spacial score (nSPS) is 12.1. The molecule has 0 atom stereocenters. The average Bonchev–Trinajstić information content (AvgIpc) is 2.65. The molecule has 1 aromatic rings. The van der Waals surface area contributed by atoms with E-state index in [0.29, 0.717) is 6.54 Å². The summed E-state index contributed by atoms with van der Waals surface area (Å²) in [6.07, 6.45) is 7.38. The molecule has 1 heterocycles. The van der Waals surface area contributed by atoms with E-state index in [1.807, 2.05) is 26.8 Å². The fourth-order valence-electron chi connectivity index (χ4n) is 3.66. The molecule has 0 saturated carbocycles. The van der Waals surface area contributed by atoms with E-state index in [1.54, 1.807) is 0 Å². The number of hydrogen-bond donors (Lipinski definition) is 1. The summed E-state index contributed by atoms with van der Waals surface area (Å²) in [5, 5.41) is 2.86. The molecule has 1 N–H and O–H groups in total. The van der Waals surface area contributed by atoms with Gasteiger partial charge in [-0.25, -0.2) is 0 Å². The van der Waals surface area contributed by atoms with Gasteiger partial charge in [0.15, 0.2) is 0 Å². The number of carbonyl (C=O) groups is 1. The number of hydrogen-bond acceptors (Lipinski definition) is 3. The molecule has 0 aromatic carbocycles. The number of ether oxygens (including phenoxy) is 1. The molecular weight excluding hydrogens is 455 g/mol. The van der Waals surface area contributed by atoms with Crippen LogP contribution in [0.2, 0.25) is 13.3 Å². The van der Waals surface area contributed by atoms with Crippen molar-refractivity contribution in [3.63, 3.8) is 0 Å². The topological polar surface area (TPSA) is 51.2 Å². The van der Waals surface area contributed by atoms with Crippen molar-refractivity contribution >= 4 is 28.2 Å². The Morgan fingerprint density at radius 3 is 2.00 bits per heavy atom. The maximum atomic E-state index is 12.0. The summed E-state index contributed by atoms with van der Waals surface area (Å²) in [6, 6.07) is 6.45. The molecule has 0 spiro atoms. The number of rotatable bonds is 12. The van der Waals surface area contributed by atoms with Crippen LogP contribution in [0.25, 0.3) is 0 Å². The number of unbranched alkanes of at least 4 members (excludes halogenated alkanes) is 3. The van der Waals surface area contributed by atoms with E-state index in [-0.39, 0.29) is 6.09 Å². The van der Waals surface area contributed by atoms with Gasteiger partial charge in [-0.05, 0) is 0 Å². The van der Waals surface area contributed by atoms with Crippen molar-refractivity contribution in [2.75, 3.05) is 0 Å². The molecule has 0 aliphatic rings. The monoisotopic (exact) mass is 498 g/mol. The summed E-state index contributed by atoms with van der Waals surface area (Å²) >= 11 is -2.52. The average molecular weight is 497 g/mol. The van der Waals surface area contributed by atoms with Crippen molar-refractivity contribution in [2.24, 2.45) is 0 Å². The number of nitrogens with one attached hydrogen (secondary N) is 1. The quantitative estimate of drug-likeness (QED) is 0.352. The Morgan fingerprint density at radius 2 is 1.54 bits per heavy atom. The van der Waals surface area contributed by atoms with Gasteiger partial charge in [-0.1, -0.05) is 0 Å². The first kappa shape index (κ1) is 25.3. The molecule has 1 aromatic heterocycles. The SMILES string of the molecule is CCC[CH2][Sn]([CH2]CCC)([CH2]CCC)[c]1cccc(CNC(=O)OC(C)(C)C)n1. The van der Waals surface area contributed by atoms with Gasteiger partial charge in [0.2, 0.25) is 0 Å². The number of nitrogens with zero attached hydrogens (tertiary/aromatic N) is 1. The van der Waals surface area contributed by atoms with Crippen molar-refractivity contribution < 1.29 is 9.53 Å². The molecule has 0 aliphatic carbocycles. The van der Waals surface area contributed by atoms with Crippen LogP contribution >= 0.6 is 0 Å². The zero-order valence-electron chi connectivity index (χ0n) is 19.1. The van der Waals surface area contributed by atoms with Gasteiger partial charge in [-0.3, -0.25) is 0 Å². The summed E-state index contributed by atoms with van der Waals surface area (Å²) in [5.41, 5.74) is 0.472. The molecule has 0 fully saturated rings. The summed E-state index contributed by atoms with van der Waals surface area (Å²) in [6.45, 7) is 13.0. The Labute approximate surface area is 177 Å². The third kappa shape index (κ3) is 9.14. The van der Waals surface area contributed by atoms with Crippen LogP contribution in [-0.2, 0) is 11.3 Å². The predicted octanol–water partition coefficient (Wildman–Crippen LogP) is 6.16. The summed E-state index contributed by atoms with van der Waals surface area (Å²) < 4.78 is 11.0. The molecule has 5 heteroatoms. The molecule has 0 aliphatic heterocycles. The van der Waals surface area contributed by atoms with Crippen LogP contribution in [0.3, 0.4) is 0 Å². The van der Waals surface area contributed by atoms with Gasteiger partial charge in [0.05, 0.1) is 0 Å². The third-order valence-electron chi connectivity index (χ3n) is 5.19. The fraction of sp³-hybridized carbons (Fsp3) is 0.739. The first-order chi connectivity index (χ1) is 13.3. The van der Waals surface area contributed by atoms with Crippen LogP contribution in [0.4, 0.5) is 4.79 Å². The van der Waals surface area contributed by atoms with Crippen LogP contribution in [-0.4, -0.2) is 35.1 Å². The third-order valence-corrected chi connectivity index (χ3v) is 20.3. The standard InChI is InChI=1S/C11H15N2O2.3C4H9.Sn/c1-11(2,3)15-10(14)13-8-9-6-4-5-7-12-9;3*1-3-4-2;/h4-6H,8H2,1-3H3,(H,13,14);3*1,3-4H2,2H3;. The second kappa shape index (κ2) is 12.7. The predicted molar refractivity (Wildman–Crippen MR) is 122 cm³/mol. The zero-order chi connectivity index (χ0) is 21.0. The number of pyridine rings is 1. The molecule has 0 saturated heterocycles. The zero-order valence-corrected chi connectivity index (χ0v) is 21.9. The van der Waals surface area contributed by atoms with Gasteiger partial charge in [0.25, 0.3) is 0 Å². The van der Waals surface area contributed by atoms with E-state index in [0.717, 1.165) is 5.69 Å². The molecule has 0 unspecified atom stereocenters. The van der Waals surface area contributed by atoms with Crippen LogP contribution < -0.4 is 9.03 Å². The molecule has 0 radical (unpaired) electrons. The van der Waals surface area contributed by atoms with Crippen molar-refractivity contribution in [1.29, 1.82) is 0 Å². The summed E-state index contributed by atoms with van der Waals surface area (Å²) in [4.78, 5) is 17.1. The van der Waals surface area contributed by atoms with Gasteiger partial charge in [0, 0.05) is 0 Å². The van der Waals surface area contributed by atoms with E-state index in [1.165, 1.54) is 55.5 Å². The van der Waals surface area contributed by atoms with E-state index < -0.39 is 24.0 Å². The Kier molecular flexibility index (Phi) is 11.5. The summed E-state index contributed by atoms with van der Waals surface area (Å²) in [5.74, 6) is 0. The van der Waals surface area contributed by atoms with Gasteiger partial charge >= 0.3 is 177 Å². The first-order valence-corrected chi connectivity index (χ1v) is 18.7. The minimum atomic E-state index is -2.52. The second-order valence-electron chi connectivity index (χ2n) is 8.96. The Bertz CT molecular complexity index is 562. The van der Waals surface area contributed by atoms with Crippen molar-refractivity contribution in [3.8, 4) is 0 Å². The molecule has 1 amide bonds. The van der Waals surface area contributed by atoms with Crippen molar-refractivity contribution in [1.82, 2.24) is 10.3 Å². The second-order valence-corrected chi connectivity index (χ2v) is 22.0. The van der Waals surface area contributed by atoms with Crippen molar-refractivity contribution in [3.05, 3.63) is 23.9 Å². The van der Waals surface area contributed by atoms with E-state index in [2.05, 4.69) is 38.2 Å². The molecule has 28 heavy (non-hydrogen) atoms. The van der Waals surface area contributed by atoms with Gasteiger partial charge < -0.3 is 0 Å². The van der Waals surface area contributed by atoms with Crippen molar-refractivity contribution in [2.45, 2.75) is 106 Å². The maximum absolute atomic E-state index is 12.0. The molecule has 1 rings (SSSR count). The Hall–Kier alpha value is -0.781. The summed E-state index contributed by atoms with van der Waals surface area (Å²) in [7, 11) is 0. The van der Waals surface area contributed by atoms with E-state index in [9.17, 15) is 4.79 Å². The number of carbonyl (C=O) groups excluding carboxylic acids is 1. The van der Waals surface area contributed by atoms with Gasteiger partial charge in [-0.15, -0.1) is 0 Å². The van der Waals surface area contributed by atoms with Gasteiger partial charge in [-0.2, -0.15) is 0 Å². The number of alkyl carbamates (subject to hydrolysis) is 1. The van der Waals surface area contributed by atoms with E-state index >= 15 is 0 Å². The Balaban J connectivity index is 3.00. The number of amides is 1. The first-order valence-electron chi connectivity index (χ1n) is 11.2. The van der Waals surface area contributed by atoms with Crippen LogP contribution in [0.1, 0.15) is 85.8 Å². The van der Waals surface area contributed by atoms with Gasteiger partial charge in [0.1, 0.15) is 0 Å². The van der Waals surface area contributed by atoms with Crippen LogP contribution in [0.15, 0.2) is 18.2 Å². The van der Waals surface area contributed by atoms with E-state index in [4.69, 9.17) is 9.72 Å². The Morgan fingerprint density at radius 1 is 1.00 bits per heavy atom. The molecule has 4 nitrogen and oxygen atoms in total. The molecule has 0 bridgehead atoms. The van der Waals surface area contributed by atoms with Crippen LogP contribution in [0, 0.1) is 0 Å². The fourth-order valence-corrected chi connectivity index (χ4v) is 19.2. The number of aromatic nitrogens is 1.